The molecule has 0 fully saturated rings. The highest BCUT2D eigenvalue weighted by Crippen LogP contribution is 2.54. The van der Waals surface area contributed by atoms with Crippen molar-refractivity contribution in [2.24, 2.45) is 0 Å². The van der Waals surface area contributed by atoms with Gasteiger partial charge in [-0.05, 0) is 114 Å². The van der Waals surface area contributed by atoms with Crippen LogP contribution in [0.1, 0.15) is 54.2 Å². The molecule has 0 amide bonds. The van der Waals surface area contributed by atoms with Crippen LogP contribution in [0.3, 0.4) is 0 Å². The van der Waals surface area contributed by atoms with E-state index < -0.39 is 0 Å². The zero-order chi connectivity index (χ0) is 33.1. The smallest absolute Gasteiger partial charge is 0.0619 e. The fourth-order valence-electron chi connectivity index (χ4n) is 9.32. The fraction of sp³-hybridized carbons (Fsp3) is 0.122. The quantitative estimate of drug-likeness (QED) is 0.168. The highest BCUT2D eigenvalue weighted by Gasteiger charge is 2.42. The van der Waals surface area contributed by atoms with E-state index in [1.54, 1.807) is 0 Å². The lowest BCUT2D eigenvalue weighted by molar-refractivity contribution is 0.660. The lowest BCUT2D eigenvalue weighted by Crippen LogP contribution is -2.15. The van der Waals surface area contributed by atoms with Gasteiger partial charge in [0.2, 0.25) is 0 Å². The standard InChI is InChI=1S/C49H37/c1-48(2)42-19-9-7-15-38(42)46-34(17-11-21-44(46)48)32-25-23-30-27-31-24-26-33(29-41(31)37-14-6-5-13-36(37)40(30)28-32)35-18-12-22-45-47(35)39-16-8-10-20-43(39)49(45,3)4/h5-26,28-29H,1,27H2,2-4H3/q+1. The largest absolute Gasteiger partial charge is 0.154 e. The third kappa shape index (κ3) is 3.89. The van der Waals surface area contributed by atoms with E-state index in [2.05, 4.69) is 173 Å². The summed E-state index contributed by atoms with van der Waals surface area (Å²) < 4.78 is 0. The van der Waals surface area contributed by atoms with Gasteiger partial charge in [0.15, 0.2) is 5.41 Å². The van der Waals surface area contributed by atoms with Crippen molar-refractivity contribution < 1.29 is 0 Å². The summed E-state index contributed by atoms with van der Waals surface area (Å²) in [4.78, 5) is 0. The van der Waals surface area contributed by atoms with Crippen LogP contribution in [0.15, 0.2) is 146 Å². The van der Waals surface area contributed by atoms with Crippen molar-refractivity contribution >= 4 is 0 Å². The molecular weight excluding hydrogens is 589 g/mol. The van der Waals surface area contributed by atoms with Gasteiger partial charge in [-0.1, -0.05) is 147 Å². The lowest BCUT2D eigenvalue weighted by atomic mass is 9.82. The number of benzene rings is 7. The second-order valence-corrected chi connectivity index (χ2v) is 15.0. The molecule has 7 aromatic carbocycles. The number of hydrogen-bond donors (Lipinski definition) is 0. The minimum absolute atomic E-state index is 0.0210. The van der Waals surface area contributed by atoms with Crippen molar-refractivity contribution in [3.8, 4) is 66.8 Å². The molecule has 0 saturated heterocycles. The van der Waals surface area contributed by atoms with E-state index in [-0.39, 0.29) is 10.8 Å². The van der Waals surface area contributed by atoms with Gasteiger partial charge in [-0.3, -0.25) is 0 Å². The maximum atomic E-state index is 4.69. The van der Waals surface area contributed by atoms with Crippen molar-refractivity contribution in [3.63, 3.8) is 0 Å². The average molecular weight is 626 g/mol. The van der Waals surface area contributed by atoms with E-state index in [9.17, 15) is 0 Å². The van der Waals surface area contributed by atoms with Crippen LogP contribution in [0.25, 0.3) is 66.8 Å². The summed E-state index contributed by atoms with van der Waals surface area (Å²) in [5, 5.41) is 0. The Labute approximate surface area is 289 Å². The predicted octanol–water partition coefficient (Wildman–Crippen LogP) is 12.7. The molecule has 0 bridgehead atoms. The second kappa shape index (κ2) is 9.97. The van der Waals surface area contributed by atoms with Gasteiger partial charge in [0.1, 0.15) is 0 Å². The first-order valence-corrected chi connectivity index (χ1v) is 17.5. The molecule has 1 unspecified atom stereocenters. The lowest BCUT2D eigenvalue weighted by Gasteiger charge is -2.21. The molecule has 0 radical (unpaired) electrons. The molecule has 3 aliphatic rings. The van der Waals surface area contributed by atoms with Crippen LogP contribution in [-0.4, -0.2) is 0 Å². The summed E-state index contributed by atoms with van der Waals surface area (Å²) in [6.07, 6.45) is 0.898. The molecule has 0 aliphatic heterocycles. The maximum Gasteiger partial charge on any atom is 0.154 e. The molecule has 10 rings (SSSR count). The van der Waals surface area contributed by atoms with Crippen molar-refractivity contribution in [1.29, 1.82) is 0 Å². The van der Waals surface area contributed by atoms with Gasteiger partial charge in [-0.2, -0.15) is 0 Å². The molecule has 0 heterocycles. The van der Waals surface area contributed by atoms with E-state index in [1.807, 2.05) is 0 Å². The number of hydrogen-bond acceptors (Lipinski definition) is 0. The summed E-state index contributed by atoms with van der Waals surface area (Å²) in [6, 6.07) is 54.8. The molecule has 0 spiro atoms. The summed E-state index contributed by atoms with van der Waals surface area (Å²) in [7, 11) is 0. The Balaban J connectivity index is 1.13. The Hall–Kier alpha value is -5.59. The fourth-order valence-corrected chi connectivity index (χ4v) is 9.32. The van der Waals surface area contributed by atoms with Crippen molar-refractivity contribution in [2.45, 2.75) is 38.0 Å². The molecule has 0 heteroatoms. The molecular formula is C49H37+. The first-order chi connectivity index (χ1) is 23.8. The Morgan fingerprint density at radius 1 is 0.388 bits per heavy atom. The van der Waals surface area contributed by atoms with Crippen LogP contribution in [0.2, 0.25) is 0 Å². The molecule has 49 heavy (non-hydrogen) atoms. The van der Waals surface area contributed by atoms with Crippen LogP contribution >= 0.6 is 0 Å². The Kier molecular flexibility index (Phi) is 5.78. The van der Waals surface area contributed by atoms with E-state index in [0.29, 0.717) is 0 Å². The molecule has 0 nitrogen and oxygen atoms in total. The van der Waals surface area contributed by atoms with Gasteiger partial charge < -0.3 is 0 Å². The van der Waals surface area contributed by atoms with Crippen LogP contribution in [0, 0.1) is 6.92 Å². The summed E-state index contributed by atoms with van der Waals surface area (Å²) in [5.74, 6) is 0. The van der Waals surface area contributed by atoms with E-state index >= 15 is 0 Å². The van der Waals surface area contributed by atoms with Crippen LogP contribution < -0.4 is 0 Å². The van der Waals surface area contributed by atoms with Gasteiger partial charge in [0.05, 0.1) is 6.92 Å². The van der Waals surface area contributed by atoms with Crippen molar-refractivity contribution in [2.75, 3.05) is 0 Å². The van der Waals surface area contributed by atoms with Gasteiger partial charge in [0, 0.05) is 16.5 Å². The first kappa shape index (κ1) is 28.4. The SMILES string of the molecule is [CH2+]C1(C)c2ccccc2-c2c(-c3ccc4c(c3)-c3ccccc3-c3cc(-c5cccc6c5-c5ccccc5C6(C)C)ccc3C4)cccc21. The minimum atomic E-state index is -0.268. The zero-order valence-electron chi connectivity index (χ0n) is 28.3. The van der Waals surface area contributed by atoms with Gasteiger partial charge >= 0.3 is 0 Å². The van der Waals surface area contributed by atoms with Gasteiger partial charge in [-0.25, -0.2) is 0 Å². The number of fused-ring (bicyclic) bond motifs is 11. The summed E-state index contributed by atoms with van der Waals surface area (Å²) in [6.45, 7) is 11.7. The minimum Gasteiger partial charge on any atom is -0.0619 e. The van der Waals surface area contributed by atoms with E-state index in [0.717, 1.165) is 6.42 Å². The predicted molar refractivity (Wildman–Crippen MR) is 206 cm³/mol. The van der Waals surface area contributed by atoms with Crippen LogP contribution in [-0.2, 0) is 17.3 Å². The Bertz CT molecular complexity index is 2340. The average Bonchev–Trinajstić information content (AvgIpc) is 3.45. The molecule has 1 atom stereocenters. The normalized spacial score (nSPS) is 17.1. The molecule has 0 N–H and O–H groups in total. The van der Waals surface area contributed by atoms with Gasteiger partial charge in [-0.15, -0.1) is 0 Å². The van der Waals surface area contributed by atoms with Crippen LogP contribution in [0.5, 0.6) is 0 Å². The first-order valence-electron chi connectivity index (χ1n) is 17.5. The summed E-state index contributed by atoms with van der Waals surface area (Å²) in [5.41, 5.74) is 23.7. The molecule has 0 saturated carbocycles. The topological polar surface area (TPSA) is 0 Å². The second-order valence-electron chi connectivity index (χ2n) is 15.0. The zero-order valence-corrected chi connectivity index (χ0v) is 28.3. The molecule has 232 valence electrons. The highest BCUT2D eigenvalue weighted by molar-refractivity contribution is 5.98. The third-order valence-electron chi connectivity index (χ3n) is 11.8. The van der Waals surface area contributed by atoms with Crippen LogP contribution in [0.4, 0.5) is 0 Å². The van der Waals surface area contributed by atoms with Crippen molar-refractivity contribution in [1.82, 2.24) is 0 Å². The molecule has 0 aromatic heterocycles. The molecule has 3 aliphatic carbocycles. The van der Waals surface area contributed by atoms with E-state index in [1.165, 1.54) is 100 Å². The Morgan fingerprint density at radius 3 is 1.41 bits per heavy atom. The summed E-state index contributed by atoms with van der Waals surface area (Å²) >= 11 is 0. The monoisotopic (exact) mass is 625 g/mol. The van der Waals surface area contributed by atoms with Crippen molar-refractivity contribution in [3.05, 3.63) is 186 Å². The Morgan fingerprint density at radius 2 is 0.816 bits per heavy atom. The highest BCUT2D eigenvalue weighted by atomic mass is 14.4. The number of rotatable bonds is 2. The van der Waals surface area contributed by atoms with E-state index in [4.69, 9.17) is 0 Å². The third-order valence-corrected chi connectivity index (χ3v) is 11.8. The maximum absolute atomic E-state index is 4.69. The van der Waals surface area contributed by atoms with Gasteiger partial charge in [0.25, 0.3) is 0 Å². The molecule has 7 aromatic rings.